The van der Waals surface area contributed by atoms with Gasteiger partial charge in [0.25, 0.3) is 5.91 Å². The van der Waals surface area contributed by atoms with Gasteiger partial charge in [-0.3, -0.25) is 4.79 Å². The van der Waals surface area contributed by atoms with E-state index in [1.807, 2.05) is 0 Å². The number of rotatable bonds is 3. The Labute approximate surface area is 92.8 Å². The van der Waals surface area contributed by atoms with Crippen molar-refractivity contribution in [1.82, 2.24) is 10.3 Å². The Balaban J connectivity index is 3.22. The van der Waals surface area contributed by atoms with Crippen LogP contribution in [0.4, 0.5) is 5.82 Å². The molecule has 0 radical (unpaired) electrons. The fraction of sp³-hybridized carbons (Fsp3) is 0.400. The van der Waals surface area contributed by atoms with Crippen LogP contribution in [0.3, 0.4) is 0 Å². The van der Waals surface area contributed by atoms with Crippen LogP contribution in [-0.2, 0) is 0 Å². The fourth-order valence-corrected chi connectivity index (χ4v) is 1.50. The molecule has 1 heterocycles. The van der Waals surface area contributed by atoms with Crippen molar-refractivity contribution in [2.75, 3.05) is 6.54 Å². The van der Waals surface area contributed by atoms with Crippen molar-refractivity contribution in [1.29, 1.82) is 0 Å². The molecule has 16 heavy (non-hydrogen) atoms. The van der Waals surface area contributed by atoms with Gasteiger partial charge in [0.2, 0.25) is 0 Å². The Hall–Kier alpha value is -1.98. The second-order valence-corrected chi connectivity index (χ2v) is 3.37. The first kappa shape index (κ1) is 12.1. The first-order valence-corrected chi connectivity index (χ1v) is 4.88. The second kappa shape index (κ2) is 4.69. The van der Waals surface area contributed by atoms with E-state index in [9.17, 15) is 14.9 Å². The minimum absolute atomic E-state index is 0.233. The Morgan fingerprint density at radius 3 is 2.62 bits per heavy atom. The van der Waals surface area contributed by atoms with E-state index in [-0.39, 0.29) is 11.7 Å². The van der Waals surface area contributed by atoms with Gasteiger partial charge in [0.05, 0.1) is 5.56 Å². The fourth-order valence-electron chi connectivity index (χ4n) is 1.50. The number of nitrogens with one attached hydrogen (secondary N) is 1. The van der Waals surface area contributed by atoms with Crippen LogP contribution in [0.5, 0.6) is 0 Å². The van der Waals surface area contributed by atoms with E-state index < -0.39 is 4.92 Å². The molecular weight excluding hydrogens is 210 g/mol. The van der Waals surface area contributed by atoms with Crippen molar-refractivity contribution in [3.05, 3.63) is 33.0 Å². The van der Waals surface area contributed by atoms with Crippen molar-refractivity contribution in [2.45, 2.75) is 20.8 Å². The van der Waals surface area contributed by atoms with Crippen LogP contribution >= 0.6 is 0 Å². The zero-order valence-corrected chi connectivity index (χ0v) is 9.40. The van der Waals surface area contributed by atoms with Gasteiger partial charge in [-0.15, -0.1) is 0 Å². The van der Waals surface area contributed by atoms with Crippen LogP contribution in [0.2, 0.25) is 0 Å². The van der Waals surface area contributed by atoms with E-state index >= 15 is 0 Å². The summed E-state index contributed by atoms with van der Waals surface area (Å²) in [4.78, 5) is 25.4. The predicted molar refractivity (Wildman–Crippen MR) is 58.4 cm³/mol. The third kappa shape index (κ3) is 2.33. The number of aromatic nitrogens is 1. The lowest BCUT2D eigenvalue weighted by atomic mass is 10.1. The molecule has 6 heteroatoms. The molecule has 0 saturated heterocycles. The van der Waals surface area contributed by atoms with Crippen LogP contribution in [0.15, 0.2) is 6.07 Å². The molecule has 0 fully saturated rings. The van der Waals surface area contributed by atoms with Gasteiger partial charge in [-0.25, -0.2) is 0 Å². The Morgan fingerprint density at radius 1 is 1.56 bits per heavy atom. The summed E-state index contributed by atoms with van der Waals surface area (Å²) in [5, 5.41) is 13.2. The van der Waals surface area contributed by atoms with Gasteiger partial charge in [-0.1, -0.05) is 0 Å². The summed E-state index contributed by atoms with van der Waals surface area (Å²) in [6.45, 7) is 5.56. The molecule has 0 aliphatic heterocycles. The number of amides is 1. The molecule has 0 aliphatic rings. The average molecular weight is 223 g/mol. The number of nitro groups is 1. The monoisotopic (exact) mass is 223 g/mol. The molecule has 1 rings (SSSR count). The van der Waals surface area contributed by atoms with Crippen molar-refractivity contribution in [3.8, 4) is 0 Å². The van der Waals surface area contributed by atoms with E-state index in [4.69, 9.17) is 0 Å². The van der Waals surface area contributed by atoms with Crippen LogP contribution in [0.25, 0.3) is 0 Å². The van der Waals surface area contributed by atoms with E-state index in [2.05, 4.69) is 10.3 Å². The highest BCUT2D eigenvalue weighted by Gasteiger charge is 2.20. The molecule has 0 atom stereocenters. The lowest BCUT2D eigenvalue weighted by Crippen LogP contribution is -2.25. The second-order valence-electron chi connectivity index (χ2n) is 3.37. The molecule has 1 aromatic rings. The molecule has 0 aromatic carbocycles. The van der Waals surface area contributed by atoms with Crippen molar-refractivity contribution >= 4 is 11.7 Å². The molecule has 0 saturated carbocycles. The molecular formula is C10H13N3O3. The summed E-state index contributed by atoms with van der Waals surface area (Å²) in [5.41, 5.74) is 1.34. The largest absolute Gasteiger partial charge is 0.363 e. The van der Waals surface area contributed by atoms with Crippen LogP contribution < -0.4 is 5.32 Å². The molecule has 0 bridgehead atoms. The van der Waals surface area contributed by atoms with Crippen LogP contribution in [-0.4, -0.2) is 22.4 Å². The Morgan fingerprint density at radius 2 is 2.19 bits per heavy atom. The number of carbonyl (C=O) groups is 1. The summed E-state index contributed by atoms with van der Waals surface area (Å²) in [6, 6.07) is 1.30. The Kier molecular flexibility index (Phi) is 3.55. The first-order chi connectivity index (χ1) is 7.47. The summed E-state index contributed by atoms with van der Waals surface area (Å²) in [6.07, 6.45) is 0. The number of carbonyl (C=O) groups excluding carboxylic acids is 1. The lowest BCUT2D eigenvalue weighted by molar-refractivity contribution is -0.389. The molecule has 0 spiro atoms. The zero-order valence-electron chi connectivity index (χ0n) is 9.40. The highest BCUT2D eigenvalue weighted by molar-refractivity contribution is 5.96. The SMILES string of the molecule is CCNC(=O)c1c(C)cc([N+](=O)[O-])nc1C. The first-order valence-electron chi connectivity index (χ1n) is 4.88. The van der Waals surface area contributed by atoms with Crippen molar-refractivity contribution in [3.63, 3.8) is 0 Å². The highest BCUT2D eigenvalue weighted by atomic mass is 16.6. The quantitative estimate of drug-likeness (QED) is 0.619. The molecule has 86 valence electrons. The maximum absolute atomic E-state index is 11.6. The highest BCUT2D eigenvalue weighted by Crippen LogP contribution is 2.17. The minimum atomic E-state index is -0.568. The summed E-state index contributed by atoms with van der Waals surface area (Å²) in [7, 11) is 0. The molecule has 1 N–H and O–H groups in total. The van der Waals surface area contributed by atoms with Gasteiger partial charge in [-0.2, -0.15) is 0 Å². The summed E-state index contributed by atoms with van der Waals surface area (Å²) < 4.78 is 0. The zero-order chi connectivity index (χ0) is 12.3. The number of nitrogens with zero attached hydrogens (tertiary/aromatic N) is 2. The summed E-state index contributed by atoms with van der Waals surface area (Å²) >= 11 is 0. The van der Waals surface area contributed by atoms with E-state index in [1.54, 1.807) is 20.8 Å². The smallest absolute Gasteiger partial charge is 0.358 e. The molecule has 1 aromatic heterocycles. The number of hydrogen-bond donors (Lipinski definition) is 1. The van der Waals surface area contributed by atoms with Gasteiger partial charge in [-0.05, 0) is 29.3 Å². The van der Waals surface area contributed by atoms with Gasteiger partial charge in [0, 0.05) is 19.5 Å². The normalized spacial score (nSPS) is 9.94. The third-order valence-electron chi connectivity index (χ3n) is 2.14. The number of pyridine rings is 1. The van der Waals surface area contributed by atoms with Gasteiger partial charge >= 0.3 is 5.82 Å². The molecule has 0 aliphatic carbocycles. The maximum atomic E-state index is 11.6. The lowest BCUT2D eigenvalue weighted by Gasteiger charge is -2.06. The minimum Gasteiger partial charge on any atom is -0.358 e. The van der Waals surface area contributed by atoms with Gasteiger partial charge in [0.1, 0.15) is 0 Å². The third-order valence-corrected chi connectivity index (χ3v) is 2.14. The van der Waals surface area contributed by atoms with Crippen LogP contribution in [0.1, 0.15) is 28.5 Å². The van der Waals surface area contributed by atoms with E-state index in [0.29, 0.717) is 23.4 Å². The van der Waals surface area contributed by atoms with Crippen LogP contribution in [0, 0.1) is 24.0 Å². The predicted octanol–water partition coefficient (Wildman–Crippen LogP) is 1.36. The van der Waals surface area contributed by atoms with E-state index in [1.165, 1.54) is 6.07 Å². The van der Waals surface area contributed by atoms with Gasteiger partial charge in [0.15, 0.2) is 5.69 Å². The number of hydrogen-bond acceptors (Lipinski definition) is 4. The Bertz CT molecular complexity index is 420. The van der Waals surface area contributed by atoms with Crippen molar-refractivity contribution < 1.29 is 9.72 Å². The topological polar surface area (TPSA) is 85.1 Å². The average Bonchev–Trinajstić information content (AvgIpc) is 2.16. The summed E-state index contributed by atoms with van der Waals surface area (Å²) in [5.74, 6) is -0.483. The van der Waals surface area contributed by atoms with E-state index in [0.717, 1.165) is 0 Å². The number of aryl methyl sites for hydroxylation is 2. The molecule has 6 nitrogen and oxygen atoms in total. The van der Waals surface area contributed by atoms with Gasteiger partial charge < -0.3 is 15.4 Å². The maximum Gasteiger partial charge on any atom is 0.363 e. The molecule has 1 amide bonds. The molecule has 0 unspecified atom stereocenters. The van der Waals surface area contributed by atoms with Crippen molar-refractivity contribution in [2.24, 2.45) is 0 Å². The standard InChI is InChI=1S/C10H13N3O3/c1-4-11-10(14)9-6(2)5-8(13(15)16)12-7(9)3/h5H,4H2,1-3H3,(H,11,14).